The van der Waals surface area contributed by atoms with Crippen molar-refractivity contribution in [2.45, 2.75) is 13.2 Å². The van der Waals surface area contributed by atoms with Crippen LogP contribution in [0.4, 0.5) is 10.5 Å². The number of aliphatic hydroxyl groups is 1. The highest BCUT2D eigenvalue weighted by atomic mass is 35.5. The number of amides is 1. The van der Waals surface area contributed by atoms with Crippen LogP contribution in [0.5, 0.6) is 0 Å². The fourth-order valence-corrected chi connectivity index (χ4v) is 1.83. The van der Waals surface area contributed by atoms with Crippen molar-refractivity contribution >= 4 is 23.4 Å². The molecule has 0 saturated heterocycles. The van der Waals surface area contributed by atoms with Crippen LogP contribution < -0.4 is 5.32 Å². The molecule has 0 bridgehead atoms. The molecule has 0 aliphatic carbocycles. The first-order valence-electron chi connectivity index (χ1n) is 6.06. The van der Waals surface area contributed by atoms with Crippen molar-refractivity contribution in [1.82, 2.24) is 0 Å². The van der Waals surface area contributed by atoms with E-state index in [0.717, 1.165) is 5.56 Å². The van der Waals surface area contributed by atoms with Gasteiger partial charge < -0.3 is 9.84 Å². The van der Waals surface area contributed by atoms with Crippen molar-refractivity contribution in [3.8, 4) is 0 Å². The predicted octanol–water partition coefficient (Wildman–Crippen LogP) is 3.58. The predicted molar refractivity (Wildman–Crippen MR) is 77.6 cm³/mol. The number of carbonyl (C=O) groups excluding carboxylic acids is 1. The smallest absolute Gasteiger partial charge is 0.411 e. The monoisotopic (exact) mass is 291 g/mol. The van der Waals surface area contributed by atoms with Crippen molar-refractivity contribution < 1.29 is 14.6 Å². The fourth-order valence-electron chi connectivity index (χ4n) is 1.65. The van der Waals surface area contributed by atoms with Gasteiger partial charge in [0.05, 0.1) is 6.61 Å². The second-order valence-corrected chi connectivity index (χ2v) is 4.56. The summed E-state index contributed by atoms with van der Waals surface area (Å²) >= 11 is 5.87. The Morgan fingerprint density at radius 1 is 1.20 bits per heavy atom. The average molecular weight is 292 g/mol. The Morgan fingerprint density at radius 3 is 2.65 bits per heavy atom. The van der Waals surface area contributed by atoms with Gasteiger partial charge in [-0.2, -0.15) is 0 Å². The first kappa shape index (κ1) is 14.4. The van der Waals surface area contributed by atoms with Crippen molar-refractivity contribution in [1.29, 1.82) is 0 Å². The maximum Gasteiger partial charge on any atom is 0.411 e. The number of benzene rings is 2. The topological polar surface area (TPSA) is 58.6 Å². The molecular formula is C15H14ClNO3. The molecule has 0 aromatic heterocycles. The van der Waals surface area contributed by atoms with Crippen molar-refractivity contribution in [2.24, 2.45) is 0 Å². The average Bonchev–Trinajstić information content (AvgIpc) is 2.48. The summed E-state index contributed by atoms with van der Waals surface area (Å²) in [6.45, 7) is 0.0144. The van der Waals surface area contributed by atoms with E-state index in [0.29, 0.717) is 16.3 Å². The summed E-state index contributed by atoms with van der Waals surface area (Å²) < 4.78 is 5.09. The highest BCUT2D eigenvalue weighted by molar-refractivity contribution is 6.31. The first-order chi connectivity index (χ1) is 9.69. The maximum absolute atomic E-state index is 11.6. The molecule has 0 saturated carbocycles. The third-order valence-electron chi connectivity index (χ3n) is 2.68. The van der Waals surface area contributed by atoms with Crippen LogP contribution in [0, 0.1) is 0 Å². The molecule has 0 aliphatic rings. The van der Waals surface area contributed by atoms with Gasteiger partial charge in [0.1, 0.15) is 6.61 Å². The molecule has 0 atom stereocenters. The molecule has 4 nitrogen and oxygen atoms in total. The molecule has 0 fully saturated rings. The van der Waals surface area contributed by atoms with Crippen LogP contribution in [0.25, 0.3) is 0 Å². The van der Waals surface area contributed by atoms with Crippen LogP contribution in [-0.4, -0.2) is 11.2 Å². The molecule has 2 rings (SSSR count). The molecule has 2 aromatic carbocycles. The lowest BCUT2D eigenvalue weighted by Crippen LogP contribution is -2.13. The van der Waals surface area contributed by atoms with E-state index in [1.807, 2.05) is 30.3 Å². The Hall–Kier alpha value is -2.04. The molecule has 104 valence electrons. The third kappa shape index (κ3) is 3.98. The Bertz CT molecular complexity index is 587. The summed E-state index contributed by atoms with van der Waals surface area (Å²) in [5, 5.41) is 12.1. The summed E-state index contributed by atoms with van der Waals surface area (Å²) in [4.78, 5) is 11.6. The highest BCUT2D eigenvalue weighted by Crippen LogP contribution is 2.20. The molecule has 5 heteroatoms. The normalized spacial score (nSPS) is 10.1. The molecule has 0 unspecified atom stereocenters. The number of carbonyl (C=O) groups is 1. The summed E-state index contributed by atoms with van der Waals surface area (Å²) in [5.74, 6) is 0. The minimum Gasteiger partial charge on any atom is -0.444 e. The fraction of sp³-hybridized carbons (Fsp3) is 0.133. The Kier molecular flexibility index (Phi) is 4.98. The lowest BCUT2D eigenvalue weighted by Gasteiger charge is -2.09. The van der Waals surface area contributed by atoms with Gasteiger partial charge in [-0.15, -0.1) is 0 Å². The van der Waals surface area contributed by atoms with Crippen LogP contribution in [0.15, 0.2) is 48.5 Å². The zero-order valence-corrected chi connectivity index (χ0v) is 11.4. The molecule has 0 radical (unpaired) electrons. The van der Waals surface area contributed by atoms with E-state index in [-0.39, 0.29) is 13.2 Å². The van der Waals surface area contributed by atoms with Gasteiger partial charge in [-0.05, 0) is 29.3 Å². The first-order valence-corrected chi connectivity index (χ1v) is 6.44. The molecule has 2 aromatic rings. The molecular weight excluding hydrogens is 278 g/mol. The number of ether oxygens (including phenoxy) is 1. The van der Waals surface area contributed by atoms with Crippen LogP contribution in [0.1, 0.15) is 11.1 Å². The number of hydrogen-bond donors (Lipinski definition) is 2. The van der Waals surface area contributed by atoms with Crippen LogP contribution in [0.2, 0.25) is 5.02 Å². The molecule has 0 spiro atoms. The van der Waals surface area contributed by atoms with Crippen molar-refractivity contribution in [3.63, 3.8) is 0 Å². The molecule has 20 heavy (non-hydrogen) atoms. The van der Waals surface area contributed by atoms with Crippen molar-refractivity contribution in [3.05, 3.63) is 64.7 Å². The zero-order valence-electron chi connectivity index (χ0n) is 10.7. The van der Waals surface area contributed by atoms with Crippen LogP contribution in [-0.2, 0) is 18.0 Å². The summed E-state index contributed by atoms with van der Waals surface area (Å²) in [6, 6.07) is 14.3. The van der Waals surface area contributed by atoms with E-state index in [9.17, 15) is 4.79 Å². The van der Waals surface area contributed by atoms with E-state index < -0.39 is 6.09 Å². The number of halogens is 1. The van der Waals surface area contributed by atoms with Gasteiger partial charge >= 0.3 is 6.09 Å². The van der Waals surface area contributed by atoms with Gasteiger partial charge in [0.2, 0.25) is 0 Å². The maximum atomic E-state index is 11.6. The number of hydrogen-bond acceptors (Lipinski definition) is 3. The standard InChI is InChI=1S/C15H14ClNO3/c16-14-7-6-13(8-12(14)9-18)17-15(19)20-10-11-4-2-1-3-5-11/h1-8,18H,9-10H2,(H,17,19). The van der Waals surface area contributed by atoms with Gasteiger partial charge in [0, 0.05) is 10.7 Å². The van der Waals surface area contributed by atoms with Crippen molar-refractivity contribution in [2.75, 3.05) is 5.32 Å². The number of rotatable bonds is 4. The summed E-state index contributed by atoms with van der Waals surface area (Å²) in [6.07, 6.45) is -0.555. The summed E-state index contributed by atoms with van der Waals surface area (Å²) in [5.41, 5.74) is 1.99. The second kappa shape index (κ2) is 6.93. The molecule has 2 N–H and O–H groups in total. The van der Waals surface area contributed by atoms with E-state index in [1.165, 1.54) is 0 Å². The van der Waals surface area contributed by atoms with Gasteiger partial charge in [-0.25, -0.2) is 4.79 Å². The number of nitrogens with one attached hydrogen (secondary N) is 1. The minimum atomic E-state index is -0.555. The number of anilines is 1. The lowest BCUT2D eigenvalue weighted by atomic mass is 10.2. The Balaban J connectivity index is 1.91. The molecule has 0 aliphatic heterocycles. The minimum absolute atomic E-state index is 0.187. The van der Waals surface area contributed by atoms with Gasteiger partial charge in [-0.3, -0.25) is 5.32 Å². The third-order valence-corrected chi connectivity index (χ3v) is 3.04. The zero-order chi connectivity index (χ0) is 14.4. The van der Waals surface area contributed by atoms with E-state index in [1.54, 1.807) is 18.2 Å². The quantitative estimate of drug-likeness (QED) is 0.905. The lowest BCUT2D eigenvalue weighted by molar-refractivity contribution is 0.155. The Morgan fingerprint density at radius 2 is 1.95 bits per heavy atom. The van der Waals surface area contributed by atoms with Crippen LogP contribution >= 0.6 is 11.6 Å². The van der Waals surface area contributed by atoms with Gasteiger partial charge in [0.15, 0.2) is 0 Å². The number of aliphatic hydroxyl groups excluding tert-OH is 1. The molecule has 0 heterocycles. The largest absolute Gasteiger partial charge is 0.444 e. The SMILES string of the molecule is O=C(Nc1ccc(Cl)c(CO)c1)OCc1ccccc1. The summed E-state index contributed by atoms with van der Waals surface area (Å²) in [7, 11) is 0. The second-order valence-electron chi connectivity index (χ2n) is 4.15. The molecule has 1 amide bonds. The Labute approximate surface area is 122 Å². The van der Waals surface area contributed by atoms with Gasteiger partial charge in [-0.1, -0.05) is 41.9 Å². The van der Waals surface area contributed by atoms with Crippen LogP contribution in [0.3, 0.4) is 0 Å². The highest BCUT2D eigenvalue weighted by Gasteiger charge is 2.06. The van der Waals surface area contributed by atoms with Gasteiger partial charge in [0.25, 0.3) is 0 Å². The van der Waals surface area contributed by atoms with E-state index >= 15 is 0 Å². The van der Waals surface area contributed by atoms with E-state index in [4.69, 9.17) is 21.4 Å². The van der Waals surface area contributed by atoms with E-state index in [2.05, 4.69) is 5.32 Å².